The molecule has 1 aliphatic rings. The van der Waals surface area contributed by atoms with Gasteiger partial charge in [0.2, 0.25) is 11.8 Å². The number of piperazine rings is 1. The monoisotopic (exact) mass is 374 g/mol. The van der Waals surface area contributed by atoms with Gasteiger partial charge in [-0.1, -0.05) is 46.8 Å². The van der Waals surface area contributed by atoms with E-state index >= 15 is 0 Å². The zero-order chi connectivity index (χ0) is 20.2. The number of hydrogen-bond donors (Lipinski definition) is 0. The highest BCUT2D eigenvalue weighted by Gasteiger charge is 2.26. The van der Waals surface area contributed by atoms with Crippen LogP contribution in [0.5, 0.6) is 5.75 Å². The van der Waals surface area contributed by atoms with Crippen molar-refractivity contribution in [3.8, 4) is 5.75 Å². The lowest BCUT2D eigenvalue weighted by atomic mass is 9.91. The summed E-state index contributed by atoms with van der Waals surface area (Å²) in [6.45, 7) is 12.9. The van der Waals surface area contributed by atoms with Gasteiger partial charge in [0.25, 0.3) is 0 Å². The Bertz CT molecular complexity index is 669. The lowest BCUT2D eigenvalue weighted by molar-refractivity contribution is -0.140. The zero-order valence-electron chi connectivity index (χ0n) is 17.7. The van der Waals surface area contributed by atoms with Gasteiger partial charge in [-0.25, -0.2) is 0 Å². The predicted octanol–water partition coefficient (Wildman–Crippen LogP) is 3.47. The molecule has 5 nitrogen and oxygen atoms in total. The molecular formula is C22H34N2O3. The molecule has 27 heavy (non-hydrogen) atoms. The molecule has 150 valence electrons. The lowest BCUT2D eigenvalue weighted by Crippen LogP contribution is -2.51. The van der Waals surface area contributed by atoms with Gasteiger partial charge >= 0.3 is 0 Å². The molecule has 1 aromatic carbocycles. The Labute approximate surface area is 163 Å². The van der Waals surface area contributed by atoms with E-state index in [9.17, 15) is 9.59 Å². The van der Waals surface area contributed by atoms with E-state index in [1.807, 2.05) is 21.9 Å². The maximum Gasteiger partial charge on any atom is 0.227 e. The molecule has 1 heterocycles. The standard InChI is InChI=1S/C22H34N2O3/c1-16(2)18-13-17(7-8-19(18)27-6)14-20(25)23-9-11-24(12-10-23)21(26)15-22(3,4)5/h7-8,13,16H,9-12,14-15H2,1-6H3. The number of nitrogens with zero attached hydrogens (tertiary/aromatic N) is 2. The zero-order valence-corrected chi connectivity index (χ0v) is 17.7. The Balaban J connectivity index is 1.93. The molecule has 2 amide bonds. The Hall–Kier alpha value is -2.04. The van der Waals surface area contributed by atoms with Crippen LogP contribution in [0.25, 0.3) is 0 Å². The Kier molecular flexibility index (Phi) is 6.90. The molecule has 0 aliphatic carbocycles. The van der Waals surface area contributed by atoms with Gasteiger partial charge in [0.05, 0.1) is 13.5 Å². The van der Waals surface area contributed by atoms with Gasteiger partial charge in [0.1, 0.15) is 5.75 Å². The third-order valence-electron chi connectivity index (χ3n) is 4.94. The maximum absolute atomic E-state index is 12.7. The summed E-state index contributed by atoms with van der Waals surface area (Å²) in [5.41, 5.74) is 2.13. The van der Waals surface area contributed by atoms with Crippen molar-refractivity contribution < 1.29 is 14.3 Å². The summed E-state index contributed by atoms with van der Waals surface area (Å²) in [5.74, 6) is 1.52. The van der Waals surface area contributed by atoms with E-state index in [1.54, 1.807) is 7.11 Å². The maximum atomic E-state index is 12.7. The molecular weight excluding hydrogens is 340 g/mol. The molecule has 0 radical (unpaired) electrons. The van der Waals surface area contributed by atoms with Crippen LogP contribution in [0, 0.1) is 5.41 Å². The van der Waals surface area contributed by atoms with Gasteiger partial charge < -0.3 is 14.5 Å². The fraction of sp³-hybridized carbons (Fsp3) is 0.636. The van der Waals surface area contributed by atoms with Gasteiger partial charge in [-0.05, 0) is 28.5 Å². The second-order valence-corrected chi connectivity index (χ2v) is 8.91. The number of carbonyl (C=O) groups is 2. The van der Waals surface area contributed by atoms with Crippen molar-refractivity contribution in [2.75, 3.05) is 33.3 Å². The third kappa shape index (κ3) is 5.98. The van der Waals surface area contributed by atoms with Crippen LogP contribution < -0.4 is 4.74 Å². The van der Waals surface area contributed by atoms with Crippen LogP contribution in [-0.2, 0) is 16.0 Å². The highest BCUT2D eigenvalue weighted by Crippen LogP contribution is 2.27. The van der Waals surface area contributed by atoms with E-state index in [0.29, 0.717) is 44.9 Å². The molecule has 1 saturated heterocycles. The molecule has 0 aromatic heterocycles. The van der Waals surface area contributed by atoms with Crippen LogP contribution >= 0.6 is 0 Å². The van der Waals surface area contributed by atoms with Crippen molar-refractivity contribution >= 4 is 11.8 Å². The first-order chi connectivity index (χ1) is 12.6. The Morgan fingerprint density at radius 1 is 1.04 bits per heavy atom. The van der Waals surface area contributed by atoms with E-state index in [1.165, 1.54) is 0 Å². The number of hydrogen-bond acceptors (Lipinski definition) is 3. The van der Waals surface area contributed by atoms with Crippen LogP contribution in [0.3, 0.4) is 0 Å². The van der Waals surface area contributed by atoms with Crippen LogP contribution in [0.4, 0.5) is 0 Å². The first-order valence-corrected chi connectivity index (χ1v) is 9.83. The highest BCUT2D eigenvalue weighted by molar-refractivity contribution is 5.80. The molecule has 0 saturated carbocycles. The highest BCUT2D eigenvalue weighted by atomic mass is 16.5. The molecule has 0 N–H and O–H groups in total. The number of ether oxygens (including phenoxy) is 1. The van der Waals surface area contributed by atoms with Gasteiger partial charge in [0, 0.05) is 32.6 Å². The Morgan fingerprint density at radius 2 is 1.59 bits per heavy atom. The van der Waals surface area contributed by atoms with Gasteiger partial charge in [-0.3, -0.25) is 9.59 Å². The summed E-state index contributed by atoms with van der Waals surface area (Å²) in [6, 6.07) is 5.98. The molecule has 5 heteroatoms. The first kappa shape index (κ1) is 21.3. The third-order valence-corrected chi connectivity index (χ3v) is 4.94. The van der Waals surface area contributed by atoms with Gasteiger partial charge in [-0.15, -0.1) is 0 Å². The van der Waals surface area contributed by atoms with Crippen LogP contribution in [-0.4, -0.2) is 54.9 Å². The summed E-state index contributed by atoms with van der Waals surface area (Å²) in [5, 5.41) is 0. The van der Waals surface area contributed by atoms with E-state index in [4.69, 9.17) is 4.74 Å². The van der Waals surface area contributed by atoms with Crippen molar-refractivity contribution in [1.29, 1.82) is 0 Å². The van der Waals surface area contributed by atoms with Crippen LogP contribution in [0.1, 0.15) is 58.1 Å². The fourth-order valence-corrected chi connectivity index (χ4v) is 3.40. The average Bonchev–Trinajstić information content (AvgIpc) is 2.60. The smallest absolute Gasteiger partial charge is 0.227 e. The second kappa shape index (κ2) is 8.77. The summed E-state index contributed by atoms with van der Waals surface area (Å²) in [7, 11) is 1.67. The Morgan fingerprint density at radius 3 is 2.07 bits per heavy atom. The molecule has 1 aliphatic heterocycles. The van der Waals surface area contributed by atoms with Crippen LogP contribution in [0.15, 0.2) is 18.2 Å². The van der Waals surface area contributed by atoms with Gasteiger partial charge in [0.15, 0.2) is 0 Å². The topological polar surface area (TPSA) is 49.9 Å². The molecule has 0 unspecified atom stereocenters. The van der Waals surface area contributed by atoms with Crippen molar-refractivity contribution in [2.24, 2.45) is 5.41 Å². The summed E-state index contributed by atoms with van der Waals surface area (Å²) >= 11 is 0. The molecule has 0 bridgehead atoms. The molecule has 0 atom stereocenters. The number of rotatable bonds is 5. The minimum Gasteiger partial charge on any atom is -0.496 e. The van der Waals surface area contributed by atoms with E-state index in [0.717, 1.165) is 16.9 Å². The lowest BCUT2D eigenvalue weighted by Gasteiger charge is -2.36. The van der Waals surface area contributed by atoms with E-state index in [-0.39, 0.29) is 17.2 Å². The minimum atomic E-state index is -0.00742. The summed E-state index contributed by atoms with van der Waals surface area (Å²) in [6.07, 6.45) is 0.935. The molecule has 1 aromatic rings. The molecule has 2 rings (SSSR count). The molecule has 1 fully saturated rings. The number of carbonyl (C=O) groups excluding carboxylic acids is 2. The van der Waals surface area contributed by atoms with Crippen molar-refractivity contribution in [3.63, 3.8) is 0 Å². The minimum absolute atomic E-state index is 0.00742. The van der Waals surface area contributed by atoms with E-state index in [2.05, 4.69) is 40.7 Å². The number of methoxy groups -OCH3 is 1. The number of amides is 2. The first-order valence-electron chi connectivity index (χ1n) is 9.83. The average molecular weight is 375 g/mol. The largest absolute Gasteiger partial charge is 0.496 e. The van der Waals surface area contributed by atoms with Gasteiger partial charge in [-0.2, -0.15) is 0 Å². The van der Waals surface area contributed by atoms with Crippen molar-refractivity contribution in [3.05, 3.63) is 29.3 Å². The van der Waals surface area contributed by atoms with E-state index < -0.39 is 0 Å². The molecule has 0 spiro atoms. The van der Waals surface area contributed by atoms with Crippen LogP contribution in [0.2, 0.25) is 0 Å². The quantitative estimate of drug-likeness (QED) is 0.793. The number of benzene rings is 1. The SMILES string of the molecule is COc1ccc(CC(=O)N2CCN(C(=O)CC(C)(C)C)CC2)cc1C(C)C. The predicted molar refractivity (Wildman–Crippen MR) is 108 cm³/mol. The van der Waals surface area contributed by atoms with Crippen molar-refractivity contribution in [1.82, 2.24) is 9.80 Å². The van der Waals surface area contributed by atoms with Crippen molar-refractivity contribution in [2.45, 2.75) is 53.4 Å². The summed E-state index contributed by atoms with van der Waals surface area (Å²) < 4.78 is 5.42. The second-order valence-electron chi connectivity index (χ2n) is 8.91. The normalized spacial score (nSPS) is 15.2. The fourth-order valence-electron chi connectivity index (χ4n) is 3.40. The summed E-state index contributed by atoms with van der Waals surface area (Å²) in [4.78, 5) is 28.8.